The highest BCUT2D eigenvalue weighted by Gasteiger charge is 2.02. The maximum Gasteiger partial charge on any atom is 0.277 e. The van der Waals surface area contributed by atoms with Crippen LogP contribution in [0.5, 0.6) is 5.75 Å². The normalized spacial score (nSPS) is 10.7. The summed E-state index contributed by atoms with van der Waals surface area (Å²) >= 11 is 5.86. The van der Waals surface area contributed by atoms with Gasteiger partial charge in [0.15, 0.2) is 6.61 Å². The molecule has 1 amide bonds. The summed E-state index contributed by atoms with van der Waals surface area (Å²) in [4.78, 5) is 11.6. The molecule has 2 rings (SSSR count). The van der Waals surface area contributed by atoms with Crippen LogP contribution < -0.4 is 10.2 Å². The molecule has 0 fully saturated rings. The Kier molecular flexibility index (Phi) is 5.55. The second-order valence-corrected chi connectivity index (χ2v) is 5.32. The fourth-order valence-corrected chi connectivity index (χ4v) is 1.95. The molecule has 22 heavy (non-hydrogen) atoms. The first-order chi connectivity index (χ1) is 10.5. The Morgan fingerprint density at radius 2 is 2.05 bits per heavy atom. The number of aryl methyl sites for hydroxylation is 2. The minimum Gasteiger partial charge on any atom is -0.484 e. The average Bonchev–Trinajstić information content (AvgIpc) is 2.48. The summed E-state index contributed by atoms with van der Waals surface area (Å²) in [6.45, 7) is 3.93. The van der Waals surface area contributed by atoms with E-state index in [2.05, 4.69) is 10.5 Å². The first kappa shape index (κ1) is 16.0. The van der Waals surface area contributed by atoms with Gasteiger partial charge < -0.3 is 4.74 Å². The third kappa shape index (κ3) is 4.90. The quantitative estimate of drug-likeness (QED) is 0.678. The molecule has 0 saturated heterocycles. The van der Waals surface area contributed by atoms with Crippen molar-refractivity contribution in [1.29, 1.82) is 0 Å². The van der Waals surface area contributed by atoms with Crippen LogP contribution in [0, 0.1) is 13.8 Å². The lowest BCUT2D eigenvalue weighted by Crippen LogP contribution is -2.24. The largest absolute Gasteiger partial charge is 0.484 e. The molecule has 5 heteroatoms. The van der Waals surface area contributed by atoms with Gasteiger partial charge >= 0.3 is 0 Å². The molecule has 0 unspecified atom stereocenters. The molecule has 0 aromatic heterocycles. The van der Waals surface area contributed by atoms with Crippen molar-refractivity contribution in [2.45, 2.75) is 13.8 Å². The third-order valence-corrected chi connectivity index (χ3v) is 3.33. The van der Waals surface area contributed by atoms with E-state index >= 15 is 0 Å². The highest BCUT2D eigenvalue weighted by Crippen LogP contribution is 2.16. The molecule has 2 aromatic carbocycles. The molecular formula is C17H17ClN2O2. The number of hydrogen-bond donors (Lipinski definition) is 1. The molecule has 0 saturated carbocycles. The molecule has 0 heterocycles. The van der Waals surface area contributed by atoms with Gasteiger partial charge in [-0.2, -0.15) is 5.10 Å². The average molecular weight is 317 g/mol. The molecule has 0 aliphatic carbocycles. The molecule has 1 N–H and O–H groups in total. The molecule has 0 radical (unpaired) electrons. The van der Waals surface area contributed by atoms with E-state index in [0.29, 0.717) is 10.8 Å². The highest BCUT2D eigenvalue weighted by molar-refractivity contribution is 6.30. The summed E-state index contributed by atoms with van der Waals surface area (Å²) in [5.41, 5.74) is 5.52. The van der Waals surface area contributed by atoms with Crippen molar-refractivity contribution in [2.75, 3.05) is 6.61 Å². The summed E-state index contributed by atoms with van der Waals surface area (Å²) in [5, 5.41) is 4.48. The number of nitrogens with one attached hydrogen (secondary N) is 1. The zero-order valence-corrected chi connectivity index (χ0v) is 13.2. The summed E-state index contributed by atoms with van der Waals surface area (Å²) < 4.78 is 5.42. The Morgan fingerprint density at radius 1 is 1.23 bits per heavy atom. The van der Waals surface area contributed by atoms with Gasteiger partial charge in [0.25, 0.3) is 5.91 Å². The van der Waals surface area contributed by atoms with Crippen molar-refractivity contribution in [2.24, 2.45) is 5.10 Å². The smallest absolute Gasteiger partial charge is 0.277 e. The number of hydrazone groups is 1. The standard InChI is InChI=1S/C17H17ClN2O2/c1-12-6-7-16(8-13(12)2)22-11-17(21)20-19-10-14-4-3-5-15(18)9-14/h3-10H,11H2,1-2H3,(H,20,21)/b19-10+. The zero-order valence-electron chi connectivity index (χ0n) is 12.5. The number of benzene rings is 2. The fourth-order valence-electron chi connectivity index (χ4n) is 1.75. The van der Waals surface area contributed by atoms with Crippen molar-refractivity contribution in [1.82, 2.24) is 5.43 Å². The van der Waals surface area contributed by atoms with Gasteiger partial charge in [0, 0.05) is 5.02 Å². The predicted octanol–water partition coefficient (Wildman–Crippen LogP) is 3.49. The van der Waals surface area contributed by atoms with Crippen molar-refractivity contribution in [3.8, 4) is 5.75 Å². The maximum atomic E-state index is 11.6. The number of halogens is 1. The van der Waals surface area contributed by atoms with Gasteiger partial charge in [-0.3, -0.25) is 4.79 Å². The van der Waals surface area contributed by atoms with E-state index in [1.807, 2.05) is 44.2 Å². The van der Waals surface area contributed by atoms with Gasteiger partial charge in [0.2, 0.25) is 0 Å². The van der Waals surface area contributed by atoms with Gasteiger partial charge in [-0.1, -0.05) is 29.8 Å². The Morgan fingerprint density at radius 3 is 2.77 bits per heavy atom. The second kappa shape index (κ2) is 7.61. The fraction of sp³-hybridized carbons (Fsp3) is 0.176. The van der Waals surface area contributed by atoms with Crippen LogP contribution in [0.1, 0.15) is 16.7 Å². The SMILES string of the molecule is Cc1ccc(OCC(=O)N/N=C/c2cccc(Cl)c2)cc1C. The summed E-state index contributed by atoms with van der Waals surface area (Å²) in [7, 11) is 0. The van der Waals surface area contributed by atoms with Crippen LogP contribution in [-0.4, -0.2) is 18.7 Å². The molecule has 0 spiro atoms. The number of nitrogens with zero attached hydrogens (tertiary/aromatic N) is 1. The number of hydrogen-bond acceptors (Lipinski definition) is 3. The lowest BCUT2D eigenvalue weighted by Gasteiger charge is -2.07. The Balaban J connectivity index is 1.81. The molecular weight excluding hydrogens is 300 g/mol. The molecule has 114 valence electrons. The molecule has 0 atom stereocenters. The van der Waals surface area contributed by atoms with Crippen LogP contribution in [-0.2, 0) is 4.79 Å². The van der Waals surface area contributed by atoms with Crippen molar-refractivity contribution in [3.63, 3.8) is 0 Å². The van der Waals surface area contributed by atoms with Gasteiger partial charge in [-0.05, 0) is 54.8 Å². The van der Waals surface area contributed by atoms with Gasteiger partial charge in [-0.15, -0.1) is 0 Å². The van der Waals surface area contributed by atoms with E-state index in [4.69, 9.17) is 16.3 Å². The van der Waals surface area contributed by atoms with E-state index in [9.17, 15) is 4.79 Å². The number of carbonyl (C=O) groups is 1. The minimum atomic E-state index is -0.323. The van der Waals surface area contributed by atoms with Crippen molar-refractivity contribution in [3.05, 3.63) is 64.2 Å². The Bertz CT molecular complexity index is 699. The minimum absolute atomic E-state index is 0.0879. The molecule has 0 aliphatic heterocycles. The molecule has 0 aliphatic rings. The van der Waals surface area contributed by atoms with E-state index in [1.165, 1.54) is 11.8 Å². The second-order valence-electron chi connectivity index (χ2n) is 4.88. The van der Waals surface area contributed by atoms with Gasteiger partial charge in [-0.25, -0.2) is 5.43 Å². The number of ether oxygens (including phenoxy) is 1. The third-order valence-electron chi connectivity index (χ3n) is 3.10. The molecule has 0 bridgehead atoms. The van der Waals surface area contributed by atoms with Gasteiger partial charge in [0.05, 0.1) is 6.21 Å². The van der Waals surface area contributed by atoms with E-state index in [1.54, 1.807) is 12.1 Å². The first-order valence-corrected chi connectivity index (χ1v) is 7.20. The maximum absolute atomic E-state index is 11.6. The van der Waals surface area contributed by atoms with Crippen LogP contribution in [0.2, 0.25) is 5.02 Å². The number of carbonyl (C=O) groups excluding carboxylic acids is 1. The molecule has 4 nitrogen and oxygen atoms in total. The van der Waals surface area contributed by atoms with Crippen molar-refractivity contribution < 1.29 is 9.53 Å². The van der Waals surface area contributed by atoms with Crippen LogP contribution in [0.3, 0.4) is 0 Å². The number of amides is 1. The Labute approximate surface area is 134 Å². The number of rotatable bonds is 5. The molecule has 2 aromatic rings. The summed E-state index contributed by atoms with van der Waals surface area (Å²) in [5.74, 6) is 0.341. The lowest BCUT2D eigenvalue weighted by molar-refractivity contribution is -0.123. The van der Waals surface area contributed by atoms with E-state index < -0.39 is 0 Å². The van der Waals surface area contributed by atoms with Crippen LogP contribution in [0.25, 0.3) is 0 Å². The van der Waals surface area contributed by atoms with Crippen LogP contribution in [0.4, 0.5) is 0 Å². The monoisotopic (exact) mass is 316 g/mol. The predicted molar refractivity (Wildman–Crippen MR) is 88.6 cm³/mol. The highest BCUT2D eigenvalue weighted by atomic mass is 35.5. The summed E-state index contributed by atoms with van der Waals surface area (Å²) in [6.07, 6.45) is 1.53. The summed E-state index contributed by atoms with van der Waals surface area (Å²) in [6, 6.07) is 12.9. The topological polar surface area (TPSA) is 50.7 Å². The first-order valence-electron chi connectivity index (χ1n) is 6.82. The lowest BCUT2D eigenvalue weighted by atomic mass is 10.1. The van der Waals surface area contributed by atoms with E-state index in [0.717, 1.165) is 11.1 Å². The van der Waals surface area contributed by atoms with Crippen LogP contribution in [0.15, 0.2) is 47.6 Å². The van der Waals surface area contributed by atoms with Crippen molar-refractivity contribution >= 4 is 23.7 Å². The van der Waals surface area contributed by atoms with Gasteiger partial charge in [0.1, 0.15) is 5.75 Å². The van der Waals surface area contributed by atoms with Crippen LogP contribution >= 0.6 is 11.6 Å². The Hall–Kier alpha value is -2.33. The zero-order chi connectivity index (χ0) is 15.9. The van der Waals surface area contributed by atoms with E-state index in [-0.39, 0.29) is 12.5 Å².